The van der Waals surface area contributed by atoms with Crippen LogP contribution in [-0.2, 0) is 6.42 Å². The molecule has 4 nitrogen and oxygen atoms in total. The van der Waals surface area contributed by atoms with Gasteiger partial charge in [0.25, 0.3) is 0 Å². The average Bonchev–Trinajstić information content (AvgIpc) is 2.67. The van der Waals surface area contributed by atoms with Crippen LogP contribution in [0.5, 0.6) is 0 Å². The van der Waals surface area contributed by atoms with Crippen LogP contribution in [0.4, 0.5) is 10.1 Å². The Morgan fingerprint density at radius 1 is 1.38 bits per heavy atom. The minimum Gasteiger partial charge on any atom is -0.421 e. The van der Waals surface area contributed by atoms with Crippen LogP contribution < -0.4 is 5.73 Å². The topological polar surface area (TPSA) is 64.9 Å². The molecule has 2 N–H and O–H groups in total. The van der Waals surface area contributed by atoms with E-state index in [9.17, 15) is 4.39 Å². The van der Waals surface area contributed by atoms with Gasteiger partial charge in [-0.15, -0.1) is 10.2 Å². The molecule has 0 bridgehead atoms. The van der Waals surface area contributed by atoms with Crippen LogP contribution in [-0.4, -0.2) is 10.2 Å². The highest BCUT2D eigenvalue weighted by molar-refractivity contribution is 5.69. The van der Waals surface area contributed by atoms with Gasteiger partial charge in [0.15, 0.2) is 0 Å². The first-order valence-electron chi connectivity index (χ1n) is 5.08. The van der Waals surface area contributed by atoms with Gasteiger partial charge in [0.2, 0.25) is 11.8 Å². The van der Waals surface area contributed by atoms with Crippen molar-refractivity contribution in [1.82, 2.24) is 10.2 Å². The van der Waals surface area contributed by atoms with E-state index in [2.05, 4.69) is 10.2 Å². The van der Waals surface area contributed by atoms with Gasteiger partial charge >= 0.3 is 0 Å². The van der Waals surface area contributed by atoms with Gasteiger partial charge in [-0.1, -0.05) is 6.92 Å². The lowest BCUT2D eigenvalue weighted by Gasteiger charge is -1.99. The quantitative estimate of drug-likeness (QED) is 0.808. The molecule has 0 saturated carbocycles. The number of nitrogen functional groups attached to an aromatic ring is 1. The van der Waals surface area contributed by atoms with Crippen LogP contribution in [0.1, 0.15) is 19.2 Å². The van der Waals surface area contributed by atoms with E-state index in [1.54, 1.807) is 0 Å². The predicted octanol–water partition coefficient (Wildman–Crippen LogP) is 2.41. The normalized spacial score (nSPS) is 10.6. The molecule has 1 heterocycles. The van der Waals surface area contributed by atoms with Crippen LogP contribution in [0.3, 0.4) is 0 Å². The molecule has 0 spiro atoms. The zero-order valence-electron chi connectivity index (χ0n) is 8.90. The second kappa shape index (κ2) is 4.30. The summed E-state index contributed by atoms with van der Waals surface area (Å²) in [5.74, 6) is 0.525. The molecule has 0 atom stereocenters. The molecular formula is C11H12FN3O. The largest absolute Gasteiger partial charge is 0.421 e. The monoisotopic (exact) mass is 221 g/mol. The number of nitrogens with two attached hydrogens (primary N) is 1. The third-order valence-electron chi connectivity index (χ3n) is 2.17. The van der Waals surface area contributed by atoms with Crippen molar-refractivity contribution in [2.24, 2.45) is 0 Å². The number of aryl methyl sites for hydroxylation is 1. The fraction of sp³-hybridized carbons (Fsp3) is 0.273. The maximum Gasteiger partial charge on any atom is 0.249 e. The van der Waals surface area contributed by atoms with Gasteiger partial charge in [-0.2, -0.15) is 0 Å². The summed E-state index contributed by atoms with van der Waals surface area (Å²) in [5.41, 5.74) is 6.53. The lowest BCUT2D eigenvalue weighted by Crippen LogP contribution is -1.91. The number of rotatable bonds is 3. The molecule has 0 aliphatic carbocycles. The summed E-state index contributed by atoms with van der Waals surface area (Å²) in [4.78, 5) is 0. The van der Waals surface area contributed by atoms with Crippen LogP contribution in [0.15, 0.2) is 22.6 Å². The summed E-state index contributed by atoms with van der Waals surface area (Å²) in [5, 5.41) is 7.76. The summed E-state index contributed by atoms with van der Waals surface area (Å²) in [6, 6.07) is 4.09. The van der Waals surface area contributed by atoms with Crippen molar-refractivity contribution in [2.45, 2.75) is 19.8 Å². The zero-order valence-corrected chi connectivity index (χ0v) is 8.90. The van der Waals surface area contributed by atoms with Crippen molar-refractivity contribution >= 4 is 5.69 Å². The standard InChI is InChI=1S/C11H12FN3O/c1-2-3-10-14-15-11(16-10)8-5-4-7(12)6-9(8)13/h4-6H,2-3,13H2,1H3. The molecule has 0 radical (unpaired) electrons. The molecule has 5 heteroatoms. The van der Waals surface area contributed by atoms with Crippen molar-refractivity contribution in [3.8, 4) is 11.5 Å². The van der Waals surface area contributed by atoms with E-state index < -0.39 is 0 Å². The predicted molar refractivity (Wildman–Crippen MR) is 58.1 cm³/mol. The SMILES string of the molecule is CCCc1nnc(-c2ccc(F)cc2N)o1. The molecule has 84 valence electrons. The van der Waals surface area contributed by atoms with E-state index in [0.717, 1.165) is 12.8 Å². The number of benzene rings is 1. The van der Waals surface area contributed by atoms with Crippen LogP contribution >= 0.6 is 0 Å². The second-order valence-electron chi connectivity index (χ2n) is 3.48. The summed E-state index contributed by atoms with van der Waals surface area (Å²) in [6.07, 6.45) is 1.66. The minimum absolute atomic E-state index is 0.298. The zero-order chi connectivity index (χ0) is 11.5. The van der Waals surface area contributed by atoms with E-state index in [1.165, 1.54) is 18.2 Å². The molecule has 1 aromatic heterocycles. The van der Waals surface area contributed by atoms with Gasteiger partial charge < -0.3 is 10.2 Å². The molecule has 0 unspecified atom stereocenters. The van der Waals surface area contributed by atoms with Crippen LogP contribution in [0.2, 0.25) is 0 Å². The third-order valence-corrected chi connectivity index (χ3v) is 2.17. The van der Waals surface area contributed by atoms with Crippen LogP contribution in [0, 0.1) is 5.82 Å². The van der Waals surface area contributed by atoms with Crippen molar-refractivity contribution in [3.05, 3.63) is 29.9 Å². The van der Waals surface area contributed by atoms with Gasteiger partial charge in [0.1, 0.15) is 5.82 Å². The van der Waals surface area contributed by atoms with E-state index in [0.29, 0.717) is 23.0 Å². The third kappa shape index (κ3) is 2.03. The first-order valence-corrected chi connectivity index (χ1v) is 5.08. The van der Waals surface area contributed by atoms with Crippen molar-refractivity contribution in [1.29, 1.82) is 0 Å². The van der Waals surface area contributed by atoms with E-state index >= 15 is 0 Å². The van der Waals surface area contributed by atoms with Gasteiger partial charge in [0, 0.05) is 12.1 Å². The van der Waals surface area contributed by atoms with Crippen molar-refractivity contribution in [2.75, 3.05) is 5.73 Å². The molecule has 16 heavy (non-hydrogen) atoms. The maximum absolute atomic E-state index is 12.8. The molecular weight excluding hydrogens is 209 g/mol. The number of anilines is 1. The van der Waals surface area contributed by atoms with Gasteiger partial charge in [0.05, 0.1) is 5.56 Å². The Bertz CT molecular complexity index is 496. The summed E-state index contributed by atoms with van der Waals surface area (Å²) in [7, 11) is 0. The first kappa shape index (κ1) is 10.6. The molecule has 1 aromatic carbocycles. The van der Waals surface area contributed by atoms with E-state index in [-0.39, 0.29) is 5.82 Å². The van der Waals surface area contributed by atoms with Gasteiger partial charge in [-0.25, -0.2) is 4.39 Å². The van der Waals surface area contributed by atoms with E-state index in [4.69, 9.17) is 10.2 Å². The lowest BCUT2D eigenvalue weighted by atomic mass is 10.2. The number of nitrogens with zero attached hydrogens (tertiary/aromatic N) is 2. The molecule has 0 aliphatic rings. The average molecular weight is 221 g/mol. The Kier molecular flexibility index (Phi) is 2.85. The fourth-order valence-electron chi connectivity index (χ4n) is 1.41. The number of hydrogen-bond acceptors (Lipinski definition) is 4. The molecule has 0 saturated heterocycles. The van der Waals surface area contributed by atoms with Gasteiger partial charge in [-0.3, -0.25) is 0 Å². The Labute approximate surface area is 92.3 Å². The number of aromatic nitrogens is 2. The summed E-state index contributed by atoms with van der Waals surface area (Å²) >= 11 is 0. The van der Waals surface area contributed by atoms with E-state index in [1.807, 2.05) is 6.92 Å². The molecule has 0 aliphatic heterocycles. The fourth-order valence-corrected chi connectivity index (χ4v) is 1.41. The number of halogens is 1. The molecule has 2 aromatic rings. The minimum atomic E-state index is -0.380. The second-order valence-corrected chi connectivity index (χ2v) is 3.48. The smallest absolute Gasteiger partial charge is 0.249 e. The lowest BCUT2D eigenvalue weighted by molar-refractivity contribution is 0.502. The van der Waals surface area contributed by atoms with Gasteiger partial charge in [-0.05, 0) is 24.6 Å². The molecule has 0 fully saturated rings. The molecule has 0 amide bonds. The Hall–Kier alpha value is -1.91. The summed E-state index contributed by atoms with van der Waals surface area (Å²) in [6.45, 7) is 2.02. The van der Waals surface area contributed by atoms with Crippen molar-refractivity contribution < 1.29 is 8.81 Å². The Morgan fingerprint density at radius 3 is 2.88 bits per heavy atom. The Morgan fingerprint density at radius 2 is 2.19 bits per heavy atom. The first-order chi connectivity index (χ1) is 7.70. The number of hydrogen-bond donors (Lipinski definition) is 1. The highest BCUT2D eigenvalue weighted by Gasteiger charge is 2.11. The molecule has 2 rings (SSSR count). The van der Waals surface area contributed by atoms with Crippen LogP contribution in [0.25, 0.3) is 11.5 Å². The maximum atomic E-state index is 12.8. The highest BCUT2D eigenvalue weighted by atomic mass is 19.1. The highest BCUT2D eigenvalue weighted by Crippen LogP contribution is 2.25. The van der Waals surface area contributed by atoms with Crippen molar-refractivity contribution in [3.63, 3.8) is 0 Å². The summed E-state index contributed by atoms with van der Waals surface area (Å²) < 4.78 is 18.2. The Balaban J connectivity index is 2.35.